The number of nitrogens with one attached hydrogen (secondary N) is 1. The quantitative estimate of drug-likeness (QED) is 0.810. The van der Waals surface area contributed by atoms with Crippen molar-refractivity contribution in [3.63, 3.8) is 0 Å². The van der Waals surface area contributed by atoms with Gasteiger partial charge in [0.15, 0.2) is 0 Å². The van der Waals surface area contributed by atoms with Crippen LogP contribution in [0, 0.1) is 0 Å². The molecule has 1 saturated heterocycles. The molecule has 1 N–H and O–H groups in total. The number of ether oxygens (including phenoxy) is 1. The van der Waals surface area contributed by atoms with Gasteiger partial charge in [-0.15, -0.1) is 11.3 Å². The fourth-order valence-electron chi connectivity index (χ4n) is 3.59. The van der Waals surface area contributed by atoms with Crippen molar-refractivity contribution in [2.24, 2.45) is 0 Å². The maximum absolute atomic E-state index is 13.1. The van der Waals surface area contributed by atoms with E-state index in [0.29, 0.717) is 6.54 Å². The first-order valence-corrected chi connectivity index (χ1v) is 10.5. The van der Waals surface area contributed by atoms with Gasteiger partial charge in [-0.05, 0) is 44.4 Å². The topological polar surface area (TPSA) is 54.5 Å². The van der Waals surface area contributed by atoms with Crippen molar-refractivity contribution >= 4 is 17.2 Å². The molecular formula is C21H29N3O2S. The van der Waals surface area contributed by atoms with Crippen LogP contribution in [0.2, 0.25) is 0 Å². The van der Waals surface area contributed by atoms with E-state index in [4.69, 9.17) is 4.74 Å². The van der Waals surface area contributed by atoms with E-state index in [1.165, 1.54) is 12.0 Å². The second kappa shape index (κ2) is 8.85. The minimum absolute atomic E-state index is 0.135. The van der Waals surface area contributed by atoms with Crippen molar-refractivity contribution in [1.29, 1.82) is 0 Å². The Labute approximate surface area is 165 Å². The maximum Gasteiger partial charge on any atom is 0.237 e. The summed E-state index contributed by atoms with van der Waals surface area (Å²) in [4.78, 5) is 19.5. The molecule has 1 amide bonds. The molecule has 2 heterocycles. The molecule has 27 heavy (non-hydrogen) atoms. The summed E-state index contributed by atoms with van der Waals surface area (Å²) in [5, 5.41) is 6.37. The first kappa shape index (κ1) is 19.8. The molecule has 1 atom stereocenters. The van der Waals surface area contributed by atoms with E-state index in [9.17, 15) is 4.79 Å². The first-order valence-electron chi connectivity index (χ1n) is 9.59. The normalized spacial score (nSPS) is 18.2. The number of aromatic nitrogens is 1. The summed E-state index contributed by atoms with van der Waals surface area (Å²) in [5.41, 5.74) is 0.871. The zero-order chi connectivity index (χ0) is 19.3. The summed E-state index contributed by atoms with van der Waals surface area (Å²) in [6, 6.07) is 8.26. The minimum atomic E-state index is -0.314. The van der Waals surface area contributed by atoms with Crippen molar-refractivity contribution in [2.75, 3.05) is 20.2 Å². The molecule has 1 aromatic carbocycles. The van der Waals surface area contributed by atoms with E-state index in [1.807, 2.05) is 17.5 Å². The molecular weight excluding hydrogens is 358 g/mol. The molecule has 1 aliphatic heterocycles. The van der Waals surface area contributed by atoms with Crippen LogP contribution in [-0.4, -0.2) is 36.0 Å². The van der Waals surface area contributed by atoms with Crippen LogP contribution in [0.4, 0.5) is 0 Å². The van der Waals surface area contributed by atoms with Gasteiger partial charge in [0, 0.05) is 18.1 Å². The fourth-order valence-corrected chi connectivity index (χ4v) is 4.32. The predicted octanol–water partition coefficient (Wildman–Crippen LogP) is 4.12. The Kier molecular flexibility index (Phi) is 6.50. The summed E-state index contributed by atoms with van der Waals surface area (Å²) in [7, 11) is 1.67. The molecule has 0 aliphatic carbocycles. The van der Waals surface area contributed by atoms with E-state index in [2.05, 4.69) is 41.2 Å². The lowest BCUT2D eigenvalue weighted by atomic mass is 10.0. The standard InChI is InChI=1S/C21H29N3O2S/c1-21(2,20-22-12-14-27-20)23-15-19(25)24-13-6-4-5-7-18(24)16-8-10-17(26-3)11-9-16/h8-12,14,18,23H,4-7,13,15H2,1-3H3. The molecule has 0 radical (unpaired) electrons. The van der Waals surface area contributed by atoms with Crippen LogP contribution in [0.1, 0.15) is 56.1 Å². The highest BCUT2D eigenvalue weighted by Crippen LogP contribution is 2.31. The molecule has 2 aromatic rings. The number of carbonyl (C=O) groups excluding carboxylic acids is 1. The van der Waals surface area contributed by atoms with Crippen LogP contribution < -0.4 is 10.1 Å². The van der Waals surface area contributed by atoms with Crippen LogP contribution in [0.25, 0.3) is 0 Å². The Morgan fingerprint density at radius 2 is 2.07 bits per heavy atom. The van der Waals surface area contributed by atoms with Crippen LogP contribution in [0.3, 0.4) is 0 Å². The van der Waals surface area contributed by atoms with Gasteiger partial charge in [0.2, 0.25) is 5.91 Å². The smallest absolute Gasteiger partial charge is 0.237 e. The number of thiazole rings is 1. The maximum atomic E-state index is 13.1. The van der Waals surface area contributed by atoms with E-state index >= 15 is 0 Å². The lowest BCUT2D eigenvalue weighted by Gasteiger charge is -2.32. The van der Waals surface area contributed by atoms with Crippen molar-refractivity contribution in [2.45, 2.75) is 51.1 Å². The Hall–Kier alpha value is -1.92. The zero-order valence-corrected chi connectivity index (χ0v) is 17.2. The average Bonchev–Trinajstić information content (AvgIpc) is 3.12. The number of carbonyl (C=O) groups is 1. The summed E-state index contributed by atoms with van der Waals surface area (Å²) in [5.74, 6) is 1.000. The fraction of sp³-hybridized carbons (Fsp3) is 0.524. The monoisotopic (exact) mass is 387 g/mol. The average molecular weight is 388 g/mol. The minimum Gasteiger partial charge on any atom is -0.497 e. The number of likely N-dealkylation sites (tertiary alicyclic amines) is 1. The van der Waals surface area contributed by atoms with E-state index in [-0.39, 0.29) is 17.5 Å². The van der Waals surface area contributed by atoms with Gasteiger partial charge in [0.05, 0.1) is 25.2 Å². The van der Waals surface area contributed by atoms with Gasteiger partial charge in [-0.3, -0.25) is 10.1 Å². The SMILES string of the molecule is COc1ccc(C2CCCCCN2C(=O)CNC(C)(C)c2nccs2)cc1. The van der Waals surface area contributed by atoms with Gasteiger partial charge >= 0.3 is 0 Å². The van der Waals surface area contributed by atoms with Crippen molar-refractivity contribution < 1.29 is 9.53 Å². The highest BCUT2D eigenvalue weighted by atomic mass is 32.1. The third kappa shape index (κ3) is 4.87. The largest absolute Gasteiger partial charge is 0.497 e. The molecule has 0 spiro atoms. The Morgan fingerprint density at radius 3 is 2.74 bits per heavy atom. The van der Waals surface area contributed by atoms with E-state index in [0.717, 1.165) is 36.6 Å². The summed E-state index contributed by atoms with van der Waals surface area (Å²) in [6.45, 7) is 5.28. The van der Waals surface area contributed by atoms with Gasteiger partial charge in [0.25, 0.3) is 0 Å². The molecule has 146 valence electrons. The third-order valence-electron chi connectivity index (χ3n) is 5.22. The first-order chi connectivity index (χ1) is 13.0. The molecule has 1 unspecified atom stereocenters. The van der Waals surface area contributed by atoms with Crippen molar-refractivity contribution in [1.82, 2.24) is 15.2 Å². The molecule has 6 heteroatoms. The van der Waals surface area contributed by atoms with Gasteiger partial charge < -0.3 is 9.64 Å². The van der Waals surface area contributed by atoms with E-state index in [1.54, 1.807) is 24.6 Å². The number of hydrogen-bond acceptors (Lipinski definition) is 5. The lowest BCUT2D eigenvalue weighted by molar-refractivity contribution is -0.133. The number of rotatable bonds is 6. The van der Waals surface area contributed by atoms with Crippen molar-refractivity contribution in [3.8, 4) is 5.75 Å². The second-order valence-corrected chi connectivity index (χ2v) is 8.44. The summed E-state index contributed by atoms with van der Waals surface area (Å²) in [6.07, 6.45) is 6.20. The van der Waals surface area contributed by atoms with Gasteiger partial charge in [-0.1, -0.05) is 25.0 Å². The Balaban J connectivity index is 1.71. The zero-order valence-electron chi connectivity index (χ0n) is 16.4. The molecule has 3 rings (SSSR count). The number of benzene rings is 1. The number of amides is 1. The van der Waals surface area contributed by atoms with Gasteiger partial charge in [0.1, 0.15) is 10.8 Å². The molecule has 0 saturated carbocycles. The molecule has 5 nitrogen and oxygen atoms in total. The molecule has 0 bridgehead atoms. The van der Waals surface area contributed by atoms with Crippen LogP contribution in [0.15, 0.2) is 35.8 Å². The summed E-state index contributed by atoms with van der Waals surface area (Å²) < 4.78 is 5.27. The Morgan fingerprint density at radius 1 is 1.30 bits per heavy atom. The predicted molar refractivity (Wildman–Crippen MR) is 109 cm³/mol. The number of hydrogen-bond donors (Lipinski definition) is 1. The van der Waals surface area contributed by atoms with E-state index < -0.39 is 0 Å². The molecule has 1 fully saturated rings. The molecule has 1 aromatic heterocycles. The van der Waals surface area contributed by atoms with Crippen molar-refractivity contribution in [3.05, 3.63) is 46.4 Å². The highest BCUT2D eigenvalue weighted by molar-refractivity contribution is 7.09. The lowest BCUT2D eigenvalue weighted by Crippen LogP contribution is -2.46. The second-order valence-electron chi connectivity index (χ2n) is 7.54. The summed E-state index contributed by atoms with van der Waals surface area (Å²) >= 11 is 1.61. The van der Waals surface area contributed by atoms with Gasteiger partial charge in [-0.25, -0.2) is 4.98 Å². The third-order valence-corrected chi connectivity index (χ3v) is 6.32. The van der Waals surface area contributed by atoms with Crippen LogP contribution in [-0.2, 0) is 10.3 Å². The Bertz CT molecular complexity index is 728. The molecule has 1 aliphatic rings. The van der Waals surface area contributed by atoms with Crippen LogP contribution >= 0.6 is 11.3 Å². The highest BCUT2D eigenvalue weighted by Gasteiger charge is 2.29. The number of methoxy groups -OCH3 is 1. The number of nitrogens with zero attached hydrogens (tertiary/aromatic N) is 2. The van der Waals surface area contributed by atoms with Crippen LogP contribution in [0.5, 0.6) is 5.75 Å². The van der Waals surface area contributed by atoms with Gasteiger partial charge in [-0.2, -0.15) is 0 Å².